The average Bonchev–Trinajstić information content (AvgIpc) is 3.18. The lowest BCUT2D eigenvalue weighted by Crippen LogP contribution is -2.46. The van der Waals surface area contributed by atoms with Gasteiger partial charge in [-0.2, -0.15) is 4.31 Å². The van der Waals surface area contributed by atoms with Gasteiger partial charge in [0.2, 0.25) is 15.9 Å². The standard InChI is InChI=1S/C20H23FN2O4S/c1-15-4-10-18(11-5-15)28(25,26)23-13-2-3-19(23)20(24)22-12-14-27-17-8-6-16(21)7-9-17/h4-11,19H,2-3,12-14H2,1H3,(H,22,24)/t19-/m0/s1. The van der Waals surface area contributed by atoms with Gasteiger partial charge < -0.3 is 10.1 Å². The average molecular weight is 406 g/mol. The van der Waals surface area contributed by atoms with E-state index in [1.165, 1.54) is 28.6 Å². The molecule has 2 aromatic rings. The van der Waals surface area contributed by atoms with Gasteiger partial charge in [0.25, 0.3) is 0 Å². The summed E-state index contributed by atoms with van der Waals surface area (Å²) in [4.78, 5) is 12.7. The molecule has 0 radical (unpaired) electrons. The second kappa shape index (κ2) is 8.70. The maximum absolute atomic E-state index is 12.9. The van der Waals surface area contributed by atoms with Crippen molar-refractivity contribution in [1.29, 1.82) is 0 Å². The van der Waals surface area contributed by atoms with Crippen LogP contribution >= 0.6 is 0 Å². The Bertz CT molecular complexity index is 914. The molecule has 6 nitrogen and oxygen atoms in total. The molecule has 1 N–H and O–H groups in total. The Morgan fingerprint density at radius 1 is 1.18 bits per heavy atom. The smallest absolute Gasteiger partial charge is 0.243 e. The monoisotopic (exact) mass is 406 g/mol. The summed E-state index contributed by atoms with van der Waals surface area (Å²) in [7, 11) is -3.72. The third-order valence-electron chi connectivity index (χ3n) is 4.62. The van der Waals surface area contributed by atoms with Crippen LogP contribution < -0.4 is 10.1 Å². The fraction of sp³-hybridized carbons (Fsp3) is 0.350. The van der Waals surface area contributed by atoms with Gasteiger partial charge >= 0.3 is 0 Å². The Labute approximate surface area is 164 Å². The number of rotatable bonds is 7. The second-order valence-corrected chi connectivity index (χ2v) is 8.57. The van der Waals surface area contributed by atoms with Crippen LogP contribution in [0.2, 0.25) is 0 Å². The molecule has 0 bridgehead atoms. The largest absolute Gasteiger partial charge is 0.492 e. The van der Waals surface area contributed by atoms with Crippen molar-refractivity contribution in [1.82, 2.24) is 9.62 Å². The van der Waals surface area contributed by atoms with Gasteiger partial charge in [-0.15, -0.1) is 0 Å². The molecule has 1 aliphatic rings. The Balaban J connectivity index is 1.56. The first-order chi connectivity index (χ1) is 13.4. The maximum Gasteiger partial charge on any atom is 0.243 e. The molecule has 1 fully saturated rings. The van der Waals surface area contributed by atoms with E-state index in [9.17, 15) is 17.6 Å². The Hall–Kier alpha value is -2.45. The van der Waals surface area contributed by atoms with E-state index in [1.54, 1.807) is 24.3 Å². The van der Waals surface area contributed by atoms with Gasteiger partial charge in [0.05, 0.1) is 11.4 Å². The second-order valence-electron chi connectivity index (χ2n) is 6.68. The van der Waals surface area contributed by atoms with E-state index in [2.05, 4.69) is 5.32 Å². The zero-order valence-electron chi connectivity index (χ0n) is 15.6. The van der Waals surface area contributed by atoms with Crippen LogP contribution in [0.15, 0.2) is 53.4 Å². The molecule has 1 aliphatic heterocycles. The molecular formula is C20H23FN2O4S. The molecule has 0 unspecified atom stereocenters. The molecule has 0 aliphatic carbocycles. The number of hydrogen-bond donors (Lipinski definition) is 1. The number of nitrogens with one attached hydrogen (secondary N) is 1. The summed E-state index contributed by atoms with van der Waals surface area (Å²) in [6, 6.07) is 11.5. The normalized spacial score (nSPS) is 17.4. The first kappa shape index (κ1) is 20.3. The minimum atomic E-state index is -3.72. The van der Waals surface area contributed by atoms with Crippen molar-refractivity contribution in [2.75, 3.05) is 19.7 Å². The van der Waals surface area contributed by atoms with Crippen molar-refractivity contribution < 1.29 is 22.3 Å². The van der Waals surface area contributed by atoms with E-state index < -0.39 is 16.1 Å². The van der Waals surface area contributed by atoms with Gasteiger partial charge in [0.1, 0.15) is 24.2 Å². The molecule has 2 aromatic carbocycles. The predicted molar refractivity (Wildman–Crippen MR) is 103 cm³/mol. The molecule has 8 heteroatoms. The molecular weight excluding hydrogens is 383 g/mol. The highest BCUT2D eigenvalue weighted by Crippen LogP contribution is 2.26. The number of nitrogens with zero attached hydrogens (tertiary/aromatic N) is 1. The molecule has 0 spiro atoms. The van der Waals surface area contributed by atoms with Crippen LogP contribution in [-0.2, 0) is 14.8 Å². The third-order valence-corrected chi connectivity index (χ3v) is 6.54. The topological polar surface area (TPSA) is 75.7 Å². The van der Waals surface area contributed by atoms with Crippen LogP contribution in [-0.4, -0.2) is 44.4 Å². The summed E-state index contributed by atoms with van der Waals surface area (Å²) in [6.45, 7) is 2.64. The summed E-state index contributed by atoms with van der Waals surface area (Å²) < 4.78 is 45.4. The number of ether oxygens (including phenoxy) is 1. The van der Waals surface area contributed by atoms with Gasteiger partial charge in [-0.05, 0) is 56.2 Å². The quantitative estimate of drug-likeness (QED) is 0.717. The summed E-state index contributed by atoms with van der Waals surface area (Å²) in [5.41, 5.74) is 0.968. The van der Waals surface area contributed by atoms with Crippen LogP contribution in [0.25, 0.3) is 0 Å². The molecule has 1 heterocycles. The third kappa shape index (κ3) is 4.69. The number of carbonyl (C=O) groups excluding carboxylic acids is 1. The Kier molecular flexibility index (Phi) is 6.31. The van der Waals surface area contributed by atoms with E-state index in [4.69, 9.17) is 4.74 Å². The first-order valence-corrected chi connectivity index (χ1v) is 10.6. The number of carbonyl (C=O) groups is 1. The van der Waals surface area contributed by atoms with E-state index in [1.807, 2.05) is 6.92 Å². The van der Waals surface area contributed by atoms with Gasteiger partial charge in [0, 0.05) is 6.54 Å². The van der Waals surface area contributed by atoms with Crippen LogP contribution in [0.1, 0.15) is 18.4 Å². The zero-order chi connectivity index (χ0) is 20.1. The minimum absolute atomic E-state index is 0.192. The number of hydrogen-bond acceptors (Lipinski definition) is 4. The highest BCUT2D eigenvalue weighted by molar-refractivity contribution is 7.89. The lowest BCUT2D eigenvalue weighted by molar-refractivity contribution is -0.124. The van der Waals surface area contributed by atoms with E-state index in [-0.39, 0.29) is 29.8 Å². The van der Waals surface area contributed by atoms with Crippen LogP contribution in [0.4, 0.5) is 4.39 Å². The number of benzene rings is 2. The molecule has 3 rings (SSSR count). The first-order valence-electron chi connectivity index (χ1n) is 9.12. The molecule has 1 saturated heterocycles. The van der Waals surface area contributed by atoms with Gasteiger partial charge in [0.15, 0.2) is 0 Å². The van der Waals surface area contributed by atoms with Crippen LogP contribution in [0, 0.1) is 12.7 Å². The highest BCUT2D eigenvalue weighted by Gasteiger charge is 2.39. The summed E-state index contributed by atoms with van der Waals surface area (Å²) in [5, 5.41) is 2.72. The lowest BCUT2D eigenvalue weighted by Gasteiger charge is -2.23. The van der Waals surface area contributed by atoms with Gasteiger partial charge in [-0.25, -0.2) is 12.8 Å². The fourth-order valence-corrected chi connectivity index (χ4v) is 4.78. The summed E-state index contributed by atoms with van der Waals surface area (Å²) in [5.74, 6) is -0.187. The Morgan fingerprint density at radius 2 is 1.86 bits per heavy atom. The molecule has 1 atom stereocenters. The van der Waals surface area contributed by atoms with Crippen molar-refractivity contribution in [3.8, 4) is 5.75 Å². The summed E-state index contributed by atoms with van der Waals surface area (Å²) in [6.07, 6.45) is 1.12. The minimum Gasteiger partial charge on any atom is -0.492 e. The van der Waals surface area contributed by atoms with Crippen LogP contribution in [0.3, 0.4) is 0 Å². The molecule has 0 saturated carbocycles. The van der Waals surface area contributed by atoms with Crippen molar-refractivity contribution in [3.63, 3.8) is 0 Å². The summed E-state index contributed by atoms with van der Waals surface area (Å²) >= 11 is 0. The number of aryl methyl sites for hydroxylation is 1. The molecule has 1 amide bonds. The molecule has 28 heavy (non-hydrogen) atoms. The highest BCUT2D eigenvalue weighted by atomic mass is 32.2. The predicted octanol–water partition coefficient (Wildman–Crippen LogP) is 2.48. The number of sulfonamides is 1. The molecule has 0 aromatic heterocycles. The van der Waals surface area contributed by atoms with Crippen LogP contribution in [0.5, 0.6) is 5.75 Å². The SMILES string of the molecule is Cc1ccc(S(=O)(=O)N2CCC[C@H]2C(=O)NCCOc2ccc(F)cc2)cc1. The molecule has 150 valence electrons. The van der Waals surface area contributed by atoms with Gasteiger partial charge in [-0.3, -0.25) is 4.79 Å². The number of amides is 1. The van der Waals surface area contributed by atoms with Crippen molar-refractivity contribution >= 4 is 15.9 Å². The number of halogens is 1. The van der Waals surface area contributed by atoms with Crippen molar-refractivity contribution in [3.05, 3.63) is 59.9 Å². The van der Waals surface area contributed by atoms with E-state index in [0.717, 1.165) is 5.56 Å². The zero-order valence-corrected chi connectivity index (χ0v) is 16.4. The Morgan fingerprint density at radius 3 is 2.54 bits per heavy atom. The maximum atomic E-state index is 12.9. The van der Waals surface area contributed by atoms with E-state index in [0.29, 0.717) is 25.1 Å². The van der Waals surface area contributed by atoms with E-state index >= 15 is 0 Å². The van der Waals surface area contributed by atoms with Crippen molar-refractivity contribution in [2.45, 2.75) is 30.7 Å². The lowest BCUT2D eigenvalue weighted by atomic mass is 10.2. The fourth-order valence-electron chi connectivity index (χ4n) is 3.13. The van der Waals surface area contributed by atoms with Gasteiger partial charge in [-0.1, -0.05) is 17.7 Å². The van der Waals surface area contributed by atoms with Crippen molar-refractivity contribution in [2.24, 2.45) is 0 Å².